The molecule has 0 unspecified atom stereocenters. The summed E-state index contributed by atoms with van der Waals surface area (Å²) in [5, 5.41) is 3.71. The predicted octanol–water partition coefficient (Wildman–Crippen LogP) is 5.02. The van der Waals surface area contributed by atoms with Gasteiger partial charge in [0.25, 0.3) is 5.91 Å². The molecule has 0 spiro atoms. The molecule has 1 heterocycles. The summed E-state index contributed by atoms with van der Waals surface area (Å²) in [6, 6.07) is 14.6. The fraction of sp³-hybridized carbons (Fsp3) is 0.393. The number of nitrogens with one attached hydrogen (secondary N) is 1. The fourth-order valence-electron chi connectivity index (χ4n) is 4.73. The van der Waals surface area contributed by atoms with E-state index in [4.69, 9.17) is 19.2 Å². The number of carbonyl (C=O) groups is 2. The lowest BCUT2D eigenvalue weighted by Gasteiger charge is -2.34. The summed E-state index contributed by atoms with van der Waals surface area (Å²) in [6.45, 7) is 4.06. The average molecular weight is 477 g/mol. The van der Waals surface area contributed by atoms with Gasteiger partial charge in [0.05, 0.1) is 31.0 Å². The van der Waals surface area contributed by atoms with Crippen LogP contribution in [0.2, 0.25) is 0 Å². The molecule has 35 heavy (non-hydrogen) atoms. The molecule has 4 rings (SSSR count). The molecule has 1 aliphatic rings. The predicted molar refractivity (Wildman–Crippen MR) is 135 cm³/mol. The molecule has 0 aliphatic heterocycles. The van der Waals surface area contributed by atoms with E-state index < -0.39 is 5.97 Å². The second-order valence-corrected chi connectivity index (χ2v) is 9.16. The van der Waals surface area contributed by atoms with E-state index in [-0.39, 0.29) is 18.6 Å². The smallest absolute Gasteiger partial charge is 0.339 e. The van der Waals surface area contributed by atoms with E-state index in [1.807, 2.05) is 36.4 Å². The van der Waals surface area contributed by atoms with Gasteiger partial charge in [-0.2, -0.15) is 0 Å². The Balaban J connectivity index is 1.55. The van der Waals surface area contributed by atoms with E-state index in [0.29, 0.717) is 45.5 Å². The van der Waals surface area contributed by atoms with Gasteiger partial charge in [0, 0.05) is 17.0 Å². The largest absolute Gasteiger partial charge is 0.493 e. The molecule has 2 aromatic carbocycles. The van der Waals surface area contributed by atoms with Crippen LogP contribution in [0.3, 0.4) is 0 Å². The van der Waals surface area contributed by atoms with Crippen LogP contribution >= 0.6 is 0 Å². The number of hydrogen-bond acceptors (Lipinski definition) is 6. The van der Waals surface area contributed by atoms with Crippen molar-refractivity contribution in [2.45, 2.75) is 39.2 Å². The van der Waals surface area contributed by atoms with Crippen molar-refractivity contribution in [3.05, 3.63) is 54.1 Å². The Morgan fingerprint density at radius 2 is 1.77 bits per heavy atom. The molecule has 7 heteroatoms. The van der Waals surface area contributed by atoms with Crippen LogP contribution in [0.5, 0.6) is 11.5 Å². The first kappa shape index (κ1) is 24.5. The molecule has 0 bridgehead atoms. The van der Waals surface area contributed by atoms with Gasteiger partial charge in [-0.1, -0.05) is 44.9 Å². The van der Waals surface area contributed by atoms with Crippen LogP contribution in [0, 0.1) is 11.8 Å². The van der Waals surface area contributed by atoms with Crippen LogP contribution in [0.1, 0.15) is 43.5 Å². The van der Waals surface area contributed by atoms with Crippen molar-refractivity contribution in [2.24, 2.45) is 11.8 Å². The zero-order valence-electron chi connectivity index (χ0n) is 20.7. The first-order valence-corrected chi connectivity index (χ1v) is 12.0. The Bertz CT molecular complexity index is 1230. The first-order valence-electron chi connectivity index (χ1n) is 12.0. The summed E-state index contributed by atoms with van der Waals surface area (Å²) < 4.78 is 16.2. The molecular formula is C28H32N2O5. The Labute approximate surface area is 205 Å². The van der Waals surface area contributed by atoms with Crippen LogP contribution in [0.25, 0.3) is 22.2 Å². The lowest BCUT2D eigenvalue weighted by atomic mass is 9.78. The minimum atomic E-state index is -0.564. The van der Waals surface area contributed by atoms with Crippen molar-refractivity contribution in [1.82, 2.24) is 10.3 Å². The molecule has 184 valence electrons. The number of ether oxygens (including phenoxy) is 3. The molecule has 3 atom stereocenters. The third kappa shape index (κ3) is 5.39. The highest BCUT2D eigenvalue weighted by Crippen LogP contribution is 2.33. The molecule has 1 aliphatic carbocycles. The van der Waals surface area contributed by atoms with Gasteiger partial charge in [-0.05, 0) is 48.6 Å². The monoisotopic (exact) mass is 476 g/mol. The Kier molecular flexibility index (Phi) is 7.54. The van der Waals surface area contributed by atoms with Gasteiger partial charge in [0.2, 0.25) is 0 Å². The number of amides is 1. The number of esters is 1. The third-order valence-corrected chi connectivity index (χ3v) is 7.00. The molecule has 0 radical (unpaired) electrons. The van der Waals surface area contributed by atoms with E-state index >= 15 is 0 Å². The second-order valence-electron chi connectivity index (χ2n) is 9.16. The molecular weight excluding hydrogens is 444 g/mol. The molecule has 3 aromatic rings. The molecule has 7 nitrogen and oxygen atoms in total. The quantitative estimate of drug-likeness (QED) is 0.482. The molecule has 1 amide bonds. The first-order chi connectivity index (χ1) is 16.9. The number of fused-ring (bicyclic) bond motifs is 1. The van der Waals surface area contributed by atoms with E-state index in [1.54, 1.807) is 26.4 Å². The Hall–Kier alpha value is -3.61. The maximum absolute atomic E-state index is 13.1. The van der Waals surface area contributed by atoms with Crippen molar-refractivity contribution in [1.29, 1.82) is 0 Å². The van der Waals surface area contributed by atoms with Crippen LogP contribution in [-0.2, 0) is 9.53 Å². The van der Waals surface area contributed by atoms with E-state index in [2.05, 4.69) is 19.2 Å². The van der Waals surface area contributed by atoms with Crippen LogP contribution < -0.4 is 14.8 Å². The number of methoxy groups -OCH3 is 2. The number of pyridine rings is 1. The Morgan fingerprint density at radius 3 is 2.54 bits per heavy atom. The van der Waals surface area contributed by atoms with E-state index in [1.165, 1.54) is 6.42 Å². The van der Waals surface area contributed by atoms with Crippen LogP contribution in [0.4, 0.5) is 0 Å². The minimum absolute atomic E-state index is 0.114. The number of benzene rings is 2. The van der Waals surface area contributed by atoms with Gasteiger partial charge >= 0.3 is 5.97 Å². The van der Waals surface area contributed by atoms with Crippen LogP contribution in [0.15, 0.2) is 48.5 Å². The van der Waals surface area contributed by atoms with Gasteiger partial charge in [-0.3, -0.25) is 4.79 Å². The second kappa shape index (κ2) is 10.8. The highest BCUT2D eigenvalue weighted by molar-refractivity contribution is 6.05. The number of nitrogens with zero attached hydrogens (tertiary/aromatic N) is 1. The molecule has 0 saturated heterocycles. The number of aromatic nitrogens is 1. The molecule has 1 fully saturated rings. The minimum Gasteiger partial charge on any atom is -0.493 e. The normalized spacial score (nSPS) is 19.7. The highest BCUT2D eigenvalue weighted by Gasteiger charge is 2.28. The van der Waals surface area contributed by atoms with Crippen LogP contribution in [-0.4, -0.2) is 43.7 Å². The van der Waals surface area contributed by atoms with E-state index in [9.17, 15) is 9.59 Å². The summed E-state index contributed by atoms with van der Waals surface area (Å²) in [4.78, 5) is 30.4. The van der Waals surface area contributed by atoms with E-state index in [0.717, 1.165) is 18.4 Å². The SMILES string of the molecule is COc1ccc(-c2cc(C(=O)OCC(=O)N[C@@H]3CCC[C@@H](C)[C@H]3C)c3ccccc3n2)cc1OC. The van der Waals surface area contributed by atoms with Crippen molar-refractivity contribution < 1.29 is 23.8 Å². The summed E-state index contributed by atoms with van der Waals surface area (Å²) >= 11 is 0. The standard InChI is InChI=1S/C28H32N2O5/c1-17-8-7-11-22(18(17)2)30-27(31)16-35-28(32)21-15-24(29-23-10-6-5-9-20(21)23)19-12-13-25(33-3)26(14-19)34-4/h5-6,9-10,12-15,17-18,22H,7-8,11,16H2,1-4H3,(H,30,31)/t17-,18-,22-/m1/s1. The summed E-state index contributed by atoms with van der Waals surface area (Å²) in [5.41, 5.74) is 2.36. The third-order valence-electron chi connectivity index (χ3n) is 7.00. The summed E-state index contributed by atoms with van der Waals surface area (Å²) in [6.07, 6.45) is 3.23. The Morgan fingerprint density at radius 1 is 1.00 bits per heavy atom. The lowest BCUT2D eigenvalue weighted by molar-refractivity contribution is -0.125. The topological polar surface area (TPSA) is 86.8 Å². The number of rotatable bonds is 7. The van der Waals surface area contributed by atoms with Gasteiger partial charge in [0.15, 0.2) is 18.1 Å². The molecule has 1 saturated carbocycles. The number of hydrogen-bond donors (Lipinski definition) is 1. The van der Waals surface area contributed by atoms with Gasteiger partial charge in [0.1, 0.15) is 0 Å². The van der Waals surface area contributed by atoms with Gasteiger partial charge < -0.3 is 19.5 Å². The van der Waals surface area contributed by atoms with Gasteiger partial charge in [-0.25, -0.2) is 9.78 Å². The van der Waals surface area contributed by atoms with Gasteiger partial charge in [-0.15, -0.1) is 0 Å². The van der Waals surface area contributed by atoms with Crippen molar-refractivity contribution in [3.63, 3.8) is 0 Å². The molecule has 1 N–H and O–H groups in total. The zero-order valence-corrected chi connectivity index (χ0v) is 20.7. The zero-order chi connectivity index (χ0) is 24.9. The fourth-order valence-corrected chi connectivity index (χ4v) is 4.73. The summed E-state index contributed by atoms with van der Waals surface area (Å²) in [5.74, 6) is 1.29. The highest BCUT2D eigenvalue weighted by atomic mass is 16.5. The lowest BCUT2D eigenvalue weighted by Crippen LogP contribution is -2.45. The average Bonchev–Trinajstić information content (AvgIpc) is 2.88. The maximum Gasteiger partial charge on any atom is 0.339 e. The number of carbonyl (C=O) groups excluding carboxylic acids is 2. The summed E-state index contributed by atoms with van der Waals surface area (Å²) in [7, 11) is 3.14. The van der Waals surface area contributed by atoms with Crippen molar-refractivity contribution >= 4 is 22.8 Å². The number of para-hydroxylation sites is 1. The maximum atomic E-state index is 13.1. The van der Waals surface area contributed by atoms with Crippen molar-refractivity contribution in [2.75, 3.05) is 20.8 Å². The molecule has 1 aromatic heterocycles. The van der Waals surface area contributed by atoms with Crippen molar-refractivity contribution in [3.8, 4) is 22.8 Å².